The van der Waals surface area contributed by atoms with Gasteiger partial charge in [0.15, 0.2) is 0 Å². The van der Waals surface area contributed by atoms with Crippen molar-refractivity contribution in [3.63, 3.8) is 0 Å². The standard InChI is InChI=1S/C66H58BN3/c1-39(2)47-23-29-59-53(33-47)55-35-49(41(5)6)37-57-64(55)69(59)61-31-32-62(66-63(61)67(57)58-38-50(42(7)8)36-56-54-34-48(40(3)4)24-30-60(54)70(66)65(56)58)68(51-25-19-45(20-26-51)43-15-11-9-12-16-43)52-27-21-46(22-28-52)44-17-13-10-14-18-44/h9-42H,1-8H3. The van der Waals surface area contributed by atoms with Gasteiger partial charge >= 0.3 is 0 Å². The third kappa shape index (κ3) is 6.35. The molecule has 11 aromatic rings. The lowest BCUT2D eigenvalue weighted by molar-refractivity contribution is 0.868. The van der Waals surface area contributed by atoms with E-state index in [1.807, 2.05) is 0 Å². The van der Waals surface area contributed by atoms with E-state index in [1.54, 1.807) is 0 Å². The molecular weight excluding hydrogens is 846 g/mol. The topological polar surface area (TPSA) is 13.1 Å². The van der Waals surface area contributed by atoms with E-state index in [-0.39, 0.29) is 6.71 Å². The Kier molecular flexibility index (Phi) is 9.72. The van der Waals surface area contributed by atoms with E-state index in [0.717, 1.165) is 17.1 Å². The van der Waals surface area contributed by atoms with Gasteiger partial charge in [0.05, 0.1) is 22.4 Å². The lowest BCUT2D eigenvalue weighted by Gasteiger charge is -2.38. The quantitative estimate of drug-likeness (QED) is 0.132. The van der Waals surface area contributed by atoms with Crippen LogP contribution in [0.5, 0.6) is 0 Å². The molecule has 0 atom stereocenters. The summed E-state index contributed by atoms with van der Waals surface area (Å²) in [5.74, 6) is 1.55. The van der Waals surface area contributed by atoms with Crippen molar-refractivity contribution < 1.29 is 0 Å². The summed E-state index contributed by atoms with van der Waals surface area (Å²) < 4.78 is 5.32. The van der Waals surface area contributed by atoms with Crippen molar-refractivity contribution in [2.24, 2.45) is 0 Å². The van der Waals surface area contributed by atoms with Crippen molar-refractivity contribution in [3.8, 4) is 33.6 Å². The van der Waals surface area contributed by atoms with E-state index in [4.69, 9.17) is 0 Å². The molecule has 0 spiro atoms. The first kappa shape index (κ1) is 42.5. The van der Waals surface area contributed by atoms with E-state index in [0.29, 0.717) is 23.7 Å². The Morgan fingerprint density at radius 3 is 1.24 bits per heavy atom. The van der Waals surface area contributed by atoms with Gasteiger partial charge in [-0.25, -0.2) is 0 Å². The van der Waals surface area contributed by atoms with Gasteiger partial charge in [-0.3, -0.25) is 0 Å². The number of hydrogen-bond donors (Lipinski definition) is 0. The fraction of sp³-hybridized carbons (Fsp3) is 0.182. The molecule has 4 heterocycles. The van der Waals surface area contributed by atoms with E-state index in [9.17, 15) is 0 Å². The highest BCUT2D eigenvalue weighted by Gasteiger charge is 2.43. The van der Waals surface area contributed by atoms with Crippen LogP contribution in [0.4, 0.5) is 17.1 Å². The molecule has 3 nitrogen and oxygen atoms in total. The van der Waals surface area contributed by atoms with Gasteiger partial charge in [-0.1, -0.05) is 165 Å². The lowest BCUT2D eigenvalue weighted by atomic mass is 9.34. The Hall–Kier alpha value is -7.56. The van der Waals surface area contributed by atoms with Crippen molar-refractivity contribution in [1.29, 1.82) is 0 Å². The molecule has 0 N–H and O–H groups in total. The van der Waals surface area contributed by atoms with E-state index in [2.05, 4.69) is 251 Å². The number of nitrogens with zero attached hydrogens (tertiary/aromatic N) is 3. The molecule has 2 aliphatic heterocycles. The summed E-state index contributed by atoms with van der Waals surface area (Å²) in [5.41, 5.74) is 25.6. The van der Waals surface area contributed by atoms with Gasteiger partial charge in [-0.05, 0) is 157 Å². The molecule has 0 bridgehead atoms. The molecule has 340 valence electrons. The second kappa shape index (κ2) is 16.0. The van der Waals surface area contributed by atoms with Crippen molar-refractivity contribution >= 4 is 83.8 Å². The van der Waals surface area contributed by atoms with Crippen molar-refractivity contribution in [1.82, 2.24) is 9.13 Å². The Morgan fingerprint density at radius 2 is 0.786 bits per heavy atom. The van der Waals surface area contributed by atoms with Gasteiger partial charge in [0.25, 0.3) is 6.71 Å². The molecule has 9 aromatic carbocycles. The summed E-state index contributed by atoms with van der Waals surface area (Å²) in [6, 6.07) is 69.6. The summed E-state index contributed by atoms with van der Waals surface area (Å²) in [7, 11) is 0. The molecular formula is C66H58BN3. The molecule has 0 aliphatic carbocycles. The van der Waals surface area contributed by atoms with Gasteiger partial charge in [0.2, 0.25) is 0 Å². The van der Waals surface area contributed by atoms with E-state index >= 15 is 0 Å². The molecule has 0 fully saturated rings. The van der Waals surface area contributed by atoms with Crippen LogP contribution in [0.1, 0.15) is 101 Å². The minimum absolute atomic E-state index is 0.00197. The average Bonchev–Trinajstić information content (AvgIpc) is 3.90. The maximum absolute atomic E-state index is 2.68. The molecule has 0 amide bonds. The number of benzene rings is 9. The summed E-state index contributed by atoms with van der Waals surface area (Å²) in [4.78, 5) is 2.53. The van der Waals surface area contributed by atoms with Crippen LogP contribution in [0.3, 0.4) is 0 Å². The highest BCUT2D eigenvalue weighted by Crippen LogP contribution is 2.47. The normalized spacial score (nSPS) is 12.8. The predicted molar refractivity (Wildman–Crippen MR) is 302 cm³/mol. The molecule has 0 radical (unpaired) electrons. The minimum atomic E-state index is -0.00197. The summed E-state index contributed by atoms with van der Waals surface area (Å²) in [6.07, 6.45) is 0. The van der Waals surface area contributed by atoms with Crippen LogP contribution in [-0.4, -0.2) is 15.8 Å². The fourth-order valence-electron chi connectivity index (χ4n) is 12.0. The third-order valence-corrected chi connectivity index (χ3v) is 15.8. The first-order valence-electron chi connectivity index (χ1n) is 25.6. The number of rotatable bonds is 9. The first-order valence-corrected chi connectivity index (χ1v) is 25.6. The smallest absolute Gasteiger partial charge is 0.252 e. The molecule has 0 saturated carbocycles. The van der Waals surface area contributed by atoms with Crippen LogP contribution in [0.15, 0.2) is 182 Å². The van der Waals surface area contributed by atoms with Gasteiger partial charge in [0, 0.05) is 49.6 Å². The summed E-state index contributed by atoms with van der Waals surface area (Å²) >= 11 is 0. The van der Waals surface area contributed by atoms with Crippen molar-refractivity contribution in [2.45, 2.75) is 79.1 Å². The van der Waals surface area contributed by atoms with Crippen LogP contribution in [0, 0.1) is 0 Å². The highest BCUT2D eigenvalue weighted by atomic mass is 15.2. The Bertz CT molecular complexity index is 3790. The van der Waals surface area contributed by atoms with Gasteiger partial charge < -0.3 is 14.0 Å². The second-order valence-electron chi connectivity index (χ2n) is 21.3. The number of hydrogen-bond acceptors (Lipinski definition) is 1. The summed E-state index contributed by atoms with van der Waals surface area (Å²) in [6.45, 7) is 18.7. The monoisotopic (exact) mass is 903 g/mol. The average molecular weight is 904 g/mol. The zero-order chi connectivity index (χ0) is 47.7. The Balaban J connectivity index is 1.18. The number of anilines is 3. The van der Waals surface area contributed by atoms with Crippen molar-refractivity contribution in [3.05, 3.63) is 204 Å². The molecule has 4 heteroatoms. The molecule has 13 rings (SSSR count). The number of aromatic nitrogens is 2. The Labute approximate surface area is 412 Å². The highest BCUT2D eigenvalue weighted by molar-refractivity contribution is 7.00. The van der Waals surface area contributed by atoms with Crippen LogP contribution in [0.25, 0.3) is 77.2 Å². The zero-order valence-electron chi connectivity index (χ0n) is 41.5. The van der Waals surface area contributed by atoms with Crippen LogP contribution in [-0.2, 0) is 0 Å². The van der Waals surface area contributed by atoms with E-state index < -0.39 is 0 Å². The van der Waals surface area contributed by atoms with Crippen LogP contribution >= 0.6 is 0 Å². The van der Waals surface area contributed by atoms with Crippen LogP contribution in [0.2, 0.25) is 0 Å². The third-order valence-electron chi connectivity index (χ3n) is 15.8. The van der Waals surface area contributed by atoms with Gasteiger partial charge in [-0.15, -0.1) is 0 Å². The maximum atomic E-state index is 2.68. The van der Waals surface area contributed by atoms with Gasteiger partial charge in [-0.2, -0.15) is 0 Å². The Morgan fingerprint density at radius 1 is 0.371 bits per heavy atom. The lowest BCUT2D eigenvalue weighted by Crippen LogP contribution is -2.59. The minimum Gasteiger partial charge on any atom is -0.310 e. The molecule has 0 unspecified atom stereocenters. The largest absolute Gasteiger partial charge is 0.310 e. The molecule has 2 aromatic heterocycles. The fourth-order valence-corrected chi connectivity index (χ4v) is 12.0. The van der Waals surface area contributed by atoms with Crippen LogP contribution < -0.4 is 21.3 Å². The van der Waals surface area contributed by atoms with Gasteiger partial charge in [0.1, 0.15) is 0 Å². The molecule has 70 heavy (non-hydrogen) atoms. The zero-order valence-corrected chi connectivity index (χ0v) is 41.5. The van der Waals surface area contributed by atoms with Crippen molar-refractivity contribution in [2.75, 3.05) is 4.90 Å². The SMILES string of the molecule is CC(C)c1ccc2c(c1)c1cc(C(C)C)cc3c1n2-c1ccc(N(c2ccc(-c4ccccc4)cc2)c2ccc(-c4ccccc4)cc2)c2c1B3c1cc(C(C)C)cc3c4cc(C(C)C)ccc4n-2c13. The second-order valence-corrected chi connectivity index (χ2v) is 21.3. The number of fused-ring (bicyclic) bond motifs is 10. The molecule has 0 saturated heterocycles. The predicted octanol–water partition coefficient (Wildman–Crippen LogP) is 16.3. The maximum Gasteiger partial charge on any atom is 0.252 e. The molecule has 2 aliphatic rings. The van der Waals surface area contributed by atoms with E-state index in [1.165, 1.54) is 116 Å². The first-order chi connectivity index (χ1) is 34.0. The summed E-state index contributed by atoms with van der Waals surface area (Å²) in [5, 5.41) is 5.37.